The van der Waals surface area contributed by atoms with Crippen molar-refractivity contribution in [2.45, 2.75) is 19.9 Å². The number of hydrogen-bond acceptors (Lipinski definition) is 6. The van der Waals surface area contributed by atoms with Gasteiger partial charge in [-0.3, -0.25) is 0 Å². The molecular formula is C16H20N5O3P. The van der Waals surface area contributed by atoms with E-state index in [0.29, 0.717) is 35.7 Å². The van der Waals surface area contributed by atoms with Crippen molar-refractivity contribution in [3.8, 4) is 5.75 Å². The van der Waals surface area contributed by atoms with Crippen molar-refractivity contribution in [3.05, 3.63) is 43.0 Å². The van der Waals surface area contributed by atoms with E-state index >= 15 is 0 Å². The summed E-state index contributed by atoms with van der Waals surface area (Å²) in [6.07, 6.45) is 3.66. The third-order valence-electron chi connectivity index (χ3n) is 3.83. The first-order valence-electron chi connectivity index (χ1n) is 7.92. The van der Waals surface area contributed by atoms with E-state index in [1.807, 2.05) is 17.6 Å². The second-order valence-corrected chi connectivity index (χ2v) is 7.89. The number of hydrogen-bond donors (Lipinski definition) is 2. The minimum Gasteiger partial charge on any atom is -0.424 e. The zero-order chi connectivity index (χ0) is 17.9. The fourth-order valence-corrected chi connectivity index (χ4v) is 3.84. The Kier molecular flexibility index (Phi) is 5.01. The summed E-state index contributed by atoms with van der Waals surface area (Å²) in [4.78, 5) is 22.4. The van der Waals surface area contributed by atoms with Gasteiger partial charge in [-0.25, -0.2) is 19.5 Å². The molecule has 1 aromatic carbocycles. The highest BCUT2D eigenvalue weighted by atomic mass is 31.2. The first kappa shape index (κ1) is 17.4. The van der Waals surface area contributed by atoms with Crippen LogP contribution in [0.1, 0.15) is 13.3 Å². The SMILES string of the molecule is C[C@@H](CC[P@@](=O)(O)Oc1ccccc1)Cn1cnc2c(N)ncnc21. The van der Waals surface area contributed by atoms with Crippen LogP contribution in [0.2, 0.25) is 0 Å². The first-order valence-corrected chi connectivity index (χ1v) is 9.68. The van der Waals surface area contributed by atoms with Gasteiger partial charge in [-0.05, 0) is 24.5 Å². The molecule has 0 radical (unpaired) electrons. The van der Waals surface area contributed by atoms with Crippen LogP contribution >= 0.6 is 7.60 Å². The molecule has 0 aliphatic rings. The number of benzene rings is 1. The quantitative estimate of drug-likeness (QED) is 0.621. The summed E-state index contributed by atoms with van der Waals surface area (Å²) in [5.41, 5.74) is 7.00. The Morgan fingerprint density at radius 3 is 2.80 bits per heavy atom. The highest BCUT2D eigenvalue weighted by molar-refractivity contribution is 7.53. The lowest BCUT2D eigenvalue weighted by Crippen LogP contribution is -2.10. The molecule has 25 heavy (non-hydrogen) atoms. The number of nitrogens with two attached hydrogens (primary N) is 1. The lowest BCUT2D eigenvalue weighted by Gasteiger charge is -2.16. The molecule has 2 atom stereocenters. The van der Waals surface area contributed by atoms with Gasteiger partial charge in [-0.15, -0.1) is 0 Å². The molecule has 0 aliphatic heterocycles. The monoisotopic (exact) mass is 361 g/mol. The maximum Gasteiger partial charge on any atom is 0.376 e. The van der Waals surface area contributed by atoms with E-state index in [1.165, 1.54) is 6.33 Å². The van der Waals surface area contributed by atoms with Crippen molar-refractivity contribution in [3.63, 3.8) is 0 Å². The predicted molar refractivity (Wildman–Crippen MR) is 95.3 cm³/mol. The Bertz CT molecular complexity index is 899. The Labute approximate surface area is 145 Å². The van der Waals surface area contributed by atoms with Crippen LogP contribution in [0.5, 0.6) is 5.75 Å². The number of fused-ring (bicyclic) bond motifs is 1. The van der Waals surface area contributed by atoms with Crippen molar-refractivity contribution < 1.29 is 14.0 Å². The summed E-state index contributed by atoms with van der Waals surface area (Å²) >= 11 is 0. The zero-order valence-corrected chi connectivity index (χ0v) is 14.7. The van der Waals surface area contributed by atoms with Crippen LogP contribution in [0.3, 0.4) is 0 Å². The maximum atomic E-state index is 12.2. The second-order valence-electron chi connectivity index (χ2n) is 5.99. The highest BCUT2D eigenvalue weighted by Crippen LogP contribution is 2.43. The number of nitrogens with zero attached hydrogens (tertiary/aromatic N) is 4. The normalized spacial score (nSPS) is 15.0. The molecule has 0 bridgehead atoms. The Morgan fingerprint density at radius 2 is 2.04 bits per heavy atom. The summed E-state index contributed by atoms with van der Waals surface area (Å²) in [6.45, 7) is 2.61. The average Bonchev–Trinajstić information content (AvgIpc) is 2.98. The molecule has 132 valence electrons. The van der Waals surface area contributed by atoms with Gasteiger partial charge < -0.3 is 19.7 Å². The number of anilines is 1. The highest BCUT2D eigenvalue weighted by Gasteiger charge is 2.22. The van der Waals surface area contributed by atoms with Crippen LogP contribution in [0.15, 0.2) is 43.0 Å². The van der Waals surface area contributed by atoms with E-state index in [0.717, 1.165) is 0 Å². The molecule has 0 fully saturated rings. The largest absolute Gasteiger partial charge is 0.424 e. The molecule has 3 rings (SSSR count). The Morgan fingerprint density at radius 1 is 1.28 bits per heavy atom. The minimum absolute atomic E-state index is 0.0762. The van der Waals surface area contributed by atoms with Gasteiger partial charge in [0.05, 0.1) is 12.5 Å². The fourth-order valence-electron chi connectivity index (χ4n) is 2.53. The molecule has 0 spiro atoms. The minimum atomic E-state index is -3.68. The lowest BCUT2D eigenvalue weighted by atomic mass is 10.1. The van der Waals surface area contributed by atoms with Gasteiger partial charge in [-0.2, -0.15) is 0 Å². The van der Waals surface area contributed by atoms with E-state index in [2.05, 4.69) is 15.0 Å². The third kappa shape index (κ3) is 4.35. The van der Waals surface area contributed by atoms with Crippen LogP contribution in [0.25, 0.3) is 11.2 Å². The summed E-state index contributed by atoms with van der Waals surface area (Å²) < 4.78 is 19.3. The maximum absolute atomic E-state index is 12.2. The molecule has 0 saturated carbocycles. The van der Waals surface area contributed by atoms with E-state index in [1.54, 1.807) is 30.6 Å². The van der Waals surface area contributed by atoms with Crippen LogP contribution in [-0.2, 0) is 11.1 Å². The fraction of sp³-hybridized carbons (Fsp3) is 0.312. The average molecular weight is 361 g/mol. The second kappa shape index (κ2) is 7.21. The number of aromatic nitrogens is 4. The lowest BCUT2D eigenvalue weighted by molar-refractivity contribution is 0.369. The molecule has 8 nitrogen and oxygen atoms in total. The Balaban J connectivity index is 1.59. The summed E-state index contributed by atoms with van der Waals surface area (Å²) in [7, 11) is -3.68. The van der Waals surface area contributed by atoms with Crippen LogP contribution < -0.4 is 10.3 Å². The van der Waals surface area contributed by atoms with Crippen molar-refractivity contribution in [1.82, 2.24) is 19.5 Å². The number of para-hydroxylation sites is 1. The number of nitrogen functional groups attached to an aromatic ring is 1. The standard InChI is InChI=1S/C16H20N5O3P/c1-12(7-8-25(22,23)24-13-5-3-2-4-6-13)9-21-11-20-14-15(17)18-10-19-16(14)21/h2-6,10-12H,7-9H2,1H3,(H,22,23)(H2,17,18,19)/t12-/m0/s1. The van der Waals surface area contributed by atoms with Gasteiger partial charge in [0.1, 0.15) is 17.6 Å². The third-order valence-corrected chi connectivity index (χ3v) is 5.15. The van der Waals surface area contributed by atoms with E-state index in [9.17, 15) is 9.46 Å². The van der Waals surface area contributed by atoms with E-state index in [-0.39, 0.29) is 12.1 Å². The number of rotatable bonds is 7. The van der Waals surface area contributed by atoms with Crippen LogP contribution in [0, 0.1) is 5.92 Å². The number of imidazole rings is 1. The van der Waals surface area contributed by atoms with E-state index < -0.39 is 7.60 Å². The first-order chi connectivity index (χ1) is 11.9. The molecule has 3 aromatic rings. The summed E-state index contributed by atoms with van der Waals surface area (Å²) in [6, 6.07) is 8.66. The van der Waals surface area contributed by atoms with Gasteiger partial charge in [0, 0.05) is 6.54 Å². The van der Waals surface area contributed by atoms with Crippen molar-refractivity contribution in [1.29, 1.82) is 0 Å². The van der Waals surface area contributed by atoms with Crippen molar-refractivity contribution in [2.75, 3.05) is 11.9 Å². The van der Waals surface area contributed by atoms with Gasteiger partial charge >= 0.3 is 7.60 Å². The zero-order valence-electron chi connectivity index (χ0n) is 13.8. The molecule has 0 amide bonds. The van der Waals surface area contributed by atoms with Crippen molar-refractivity contribution >= 4 is 24.6 Å². The van der Waals surface area contributed by atoms with Gasteiger partial charge in [0.15, 0.2) is 11.5 Å². The summed E-state index contributed by atoms with van der Waals surface area (Å²) in [5, 5.41) is 0. The van der Waals surface area contributed by atoms with Gasteiger partial charge in [0.25, 0.3) is 0 Å². The topological polar surface area (TPSA) is 116 Å². The van der Waals surface area contributed by atoms with Crippen LogP contribution in [-0.4, -0.2) is 30.6 Å². The molecule has 3 N–H and O–H groups in total. The van der Waals surface area contributed by atoms with Crippen LogP contribution in [0.4, 0.5) is 5.82 Å². The van der Waals surface area contributed by atoms with Gasteiger partial charge in [-0.1, -0.05) is 25.1 Å². The molecule has 0 unspecified atom stereocenters. The molecule has 2 aromatic heterocycles. The Hall–Kier alpha value is -2.44. The van der Waals surface area contributed by atoms with Gasteiger partial charge in [0.2, 0.25) is 0 Å². The van der Waals surface area contributed by atoms with Crippen molar-refractivity contribution in [2.24, 2.45) is 5.92 Å². The molecule has 2 heterocycles. The smallest absolute Gasteiger partial charge is 0.376 e. The molecular weight excluding hydrogens is 341 g/mol. The van der Waals surface area contributed by atoms with E-state index in [4.69, 9.17) is 10.3 Å². The molecule has 9 heteroatoms. The molecule has 0 saturated heterocycles. The predicted octanol–water partition coefficient (Wildman–Crippen LogP) is 2.70. The molecule has 0 aliphatic carbocycles. The summed E-state index contributed by atoms with van der Waals surface area (Å²) in [5.74, 6) is 0.870.